The van der Waals surface area contributed by atoms with Crippen molar-refractivity contribution in [1.29, 1.82) is 0 Å². The van der Waals surface area contributed by atoms with Gasteiger partial charge in [0.1, 0.15) is 14.8 Å². The molecule has 0 atom stereocenters. The Morgan fingerprint density at radius 2 is 1.90 bits per heavy atom. The van der Waals surface area contributed by atoms with E-state index < -0.39 is 16.0 Å². The minimum Gasteiger partial charge on any atom is -0.477 e. The number of hydrogen-bond acceptors (Lipinski definition) is 4. The molecule has 9 heteroatoms. The number of carboxylic acids is 1. The number of thiophene rings is 1. The zero-order chi connectivity index (χ0) is 14.9. The van der Waals surface area contributed by atoms with E-state index in [0.29, 0.717) is 4.47 Å². The lowest BCUT2D eigenvalue weighted by molar-refractivity contribution is 0.0702. The number of aromatic carboxylic acids is 1. The zero-order valence-corrected chi connectivity index (χ0v) is 14.4. The maximum atomic E-state index is 12.2. The summed E-state index contributed by atoms with van der Waals surface area (Å²) in [5.74, 6) is -1.09. The fourth-order valence-electron chi connectivity index (χ4n) is 1.39. The first kappa shape index (κ1) is 15.5. The molecule has 106 valence electrons. The van der Waals surface area contributed by atoms with Crippen LogP contribution in [-0.2, 0) is 10.0 Å². The third-order valence-corrected chi connectivity index (χ3v) is 6.19. The first-order chi connectivity index (χ1) is 9.29. The van der Waals surface area contributed by atoms with Crippen LogP contribution in [0.5, 0.6) is 0 Å². The van der Waals surface area contributed by atoms with Gasteiger partial charge in [-0.25, -0.2) is 13.2 Å². The predicted octanol–water partition coefficient (Wildman–Crippen LogP) is 3.77. The number of nitrogens with one attached hydrogen (secondary N) is 1. The van der Waals surface area contributed by atoms with Crippen molar-refractivity contribution >= 4 is 64.2 Å². The van der Waals surface area contributed by atoms with Crippen molar-refractivity contribution in [3.8, 4) is 0 Å². The molecule has 0 aliphatic rings. The molecule has 2 aromatic rings. The van der Waals surface area contributed by atoms with Gasteiger partial charge in [0.2, 0.25) is 0 Å². The third kappa shape index (κ3) is 3.40. The van der Waals surface area contributed by atoms with Gasteiger partial charge in [-0.05, 0) is 46.3 Å². The van der Waals surface area contributed by atoms with Crippen LogP contribution in [0, 0.1) is 0 Å². The van der Waals surface area contributed by atoms with Gasteiger partial charge in [-0.1, -0.05) is 15.9 Å². The molecule has 0 amide bonds. The molecule has 0 fully saturated rings. The van der Waals surface area contributed by atoms with Crippen LogP contribution < -0.4 is 4.72 Å². The highest BCUT2D eigenvalue weighted by atomic mass is 79.9. The van der Waals surface area contributed by atoms with Crippen molar-refractivity contribution < 1.29 is 18.3 Å². The average Bonchev–Trinajstić information content (AvgIpc) is 2.76. The Hall–Kier alpha value is -0.900. The Morgan fingerprint density at radius 1 is 1.20 bits per heavy atom. The van der Waals surface area contributed by atoms with E-state index in [0.717, 1.165) is 15.8 Å². The molecule has 0 saturated carbocycles. The summed E-state index contributed by atoms with van der Waals surface area (Å²) < 4.78 is 27.9. The number of benzene rings is 1. The number of sulfonamides is 1. The van der Waals surface area contributed by atoms with E-state index in [1.165, 1.54) is 18.2 Å². The molecule has 0 radical (unpaired) electrons. The van der Waals surface area contributed by atoms with Crippen molar-refractivity contribution in [2.24, 2.45) is 0 Å². The van der Waals surface area contributed by atoms with Crippen LogP contribution in [0.3, 0.4) is 0 Å². The van der Waals surface area contributed by atoms with E-state index in [-0.39, 0.29) is 14.8 Å². The Kier molecular flexibility index (Phi) is 4.52. The minimum atomic E-state index is -3.77. The second-order valence-corrected chi connectivity index (χ2v) is 8.15. The van der Waals surface area contributed by atoms with Crippen LogP contribution in [0.1, 0.15) is 9.67 Å². The average molecular weight is 441 g/mol. The molecule has 2 rings (SSSR count). The lowest BCUT2D eigenvalue weighted by atomic mass is 10.4. The van der Waals surface area contributed by atoms with Gasteiger partial charge >= 0.3 is 5.97 Å². The van der Waals surface area contributed by atoms with Crippen molar-refractivity contribution in [1.82, 2.24) is 0 Å². The summed E-state index contributed by atoms with van der Waals surface area (Å²) in [7, 11) is -3.77. The van der Waals surface area contributed by atoms with Gasteiger partial charge in [-0.2, -0.15) is 0 Å². The highest BCUT2D eigenvalue weighted by molar-refractivity contribution is 9.11. The quantitative estimate of drug-likeness (QED) is 0.757. The van der Waals surface area contributed by atoms with Crippen molar-refractivity contribution in [3.63, 3.8) is 0 Å². The Labute approximate surface area is 135 Å². The van der Waals surface area contributed by atoms with Crippen LogP contribution in [0.25, 0.3) is 0 Å². The van der Waals surface area contributed by atoms with Crippen LogP contribution in [0.2, 0.25) is 0 Å². The highest BCUT2D eigenvalue weighted by Gasteiger charge is 2.19. The first-order valence-electron chi connectivity index (χ1n) is 5.10. The maximum absolute atomic E-state index is 12.2. The number of carbonyl (C=O) groups is 1. The Morgan fingerprint density at radius 3 is 2.45 bits per heavy atom. The van der Waals surface area contributed by atoms with E-state index in [4.69, 9.17) is 5.11 Å². The Bertz CT molecular complexity index is 770. The van der Waals surface area contributed by atoms with E-state index in [1.807, 2.05) is 0 Å². The highest BCUT2D eigenvalue weighted by Crippen LogP contribution is 2.29. The molecular formula is C11H7Br2NO4S2. The number of anilines is 1. The zero-order valence-electron chi connectivity index (χ0n) is 9.63. The van der Waals surface area contributed by atoms with Crippen molar-refractivity contribution in [3.05, 3.63) is 44.2 Å². The molecule has 0 saturated heterocycles. The molecule has 2 N–H and O–H groups in total. The van der Waals surface area contributed by atoms with Gasteiger partial charge in [-0.3, -0.25) is 4.72 Å². The third-order valence-electron chi connectivity index (χ3n) is 2.24. The molecule has 0 unspecified atom stereocenters. The van der Waals surface area contributed by atoms with Gasteiger partial charge in [0.15, 0.2) is 0 Å². The molecule has 0 spiro atoms. The van der Waals surface area contributed by atoms with Gasteiger partial charge < -0.3 is 5.11 Å². The monoisotopic (exact) mass is 439 g/mol. The van der Waals surface area contributed by atoms with Crippen LogP contribution in [0.4, 0.5) is 5.00 Å². The molecule has 0 bridgehead atoms. The standard InChI is InChI=1S/C11H7Br2NO4S2/c12-6-1-3-9(7(13)5-6)20(17,18)14-10-4-2-8(19-10)11(15)16/h1-5,14H,(H,15,16). The van der Waals surface area contributed by atoms with Crippen molar-refractivity contribution in [2.75, 3.05) is 4.72 Å². The molecule has 5 nitrogen and oxygen atoms in total. The summed E-state index contributed by atoms with van der Waals surface area (Å²) in [5.41, 5.74) is 0. The molecule has 1 aromatic heterocycles. The normalized spacial score (nSPS) is 11.3. The van der Waals surface area contributed by atoms with Crippen LogP contribution in [-0.4, -0.2) is 19.5 Å². The first-order valence-corrected chi connectivity index (χ1v) is 8.99. The number of carboxylic acid groups (broad SMARTS) is 1. The molecule has 20 heavy (non-hydrogen) atoms. The largest absolute Gasteiger partial charge is 0.477 e. The minimum absolute atomic E-state index is 0.0672. The maximum Gasteiger partial charge on any atom is 0.345 e. The van der Waals surface area contributed by atoms with Crippen molar-refractivity contribution in [2.45, 2.75) is 4.90 Å². The second kappa shape index (κ2) is 5.84. The molecule has 0 aliphatic carbocycles. The number of rotatable bonds is 4. The van der Waals surface area contributed by atoms with Gasteiger partial charge in [0, 0.05) is 8.95 Å². The summed E-state index contributed by atoms with van der Waals surface area (Å²) in [6, 6.07) is 7.43. The summed E-state index contributed by atoms with van der Waals surface area (Å²) in [6.07, 6.45) is 0. The van der Waals surface area contributed by atoms with Crippen LogP contribution in [0.15, 0.2) is 44.2 Å². The predicted molar refractivity (Wildman–Crippen MR) is 83.9 cm³/mol. The van der Waals surface area contributed by atoms with E-state index >= 15 is 0 Å². The lowest BCUT2D eigenvalue weighted by Gasteiger charge is -2.08. The Balaban J connectivity index is 2.33. The SMILES string of the molecule is O=C(O)c1ccc(NS(=O)(=O)c2ccc(Br)cc2Br)s1. The van der Waals surface area contributed by atoms with Gasteiger partial charge in [0.05, 0.1) is 0 Å². The topological polar surface area (TPSA) is 83.5 Å². The van der Waals surface area contributed by atoms with Crippen LogP contribution >= 0.6 is 43.2 Å². The molecular weight excluding hydrogens is 434 g/mol. The summed E-state index contributed by atoms with van der Waals surface area (Å²) in [4.78, 5) is 10.9. The smallest absolute Gasteiger partial charge is 0.345 e. The van der Waals surface area contributed by atoms with Gasteiger partial charge in [0.25, 0.3) is 10.0 Å². The second-order valence-electron chi connectivity index (χ2n) is 3.65. The lowest BCUT2D eigenvalue weighted by Crippen LogP contribution is -2.12. The summed E-state index contributed by atoms with van der Waals surface area (Å²) in [6.45, 7) is 0. The molecule has 0 aliphatic heterocycles. The summed E-state index contributed by atoms with van der Waals surface area (Å²) >= 11 is 7.28. The number of hydrogen-bond donors (Lipinski definition) is 2. The fourth-order valence-corrected chi connectivity index (χ4v) is 5.17. The van der Waals surface area contributed by atoms with E-state index in [1.54, 1.807) is 12.1 Å². The van der Waals surface area contributed by atoms with E-state index in [9.17, 15) is 13.2 Å². The fraction of sp³-hybridized carbons (Fsp3) is 0. The van der Waals surface area contributed by atoms with Gasteiger partial charge in [-0.15, -0.1) is 11.3 Å². The summed E-state index contributed by atoms with van der Waals surface area (Å²) in [5, 5.41) is 9.06. The molecule has 1 heterocycles. The number of halogens is 2. The van der Waals surface area contributed by atoms with E-state index in [2.05, 4.69) is 36.6 Å². The molecule has 1 aromatic carbocycles.